The Morgan fingerprint density at radius 2 is 0.688 bits per heavy atom. The molecular formula is C97H99N23O18. The lowest BCUT2D eigenvalue weighted by atomic mass is 9.94. The van der Waals surface area contributed by atoms with Crippen LogP contribution in [0.15, 0.2) is 253 Å². The molecule has 0 spiro atoms. The minimum atomic E-state index is -1.20. The number of benzene rings is 3. The normalized spacial score (nSPS) is 12.3. The van der Waals surface area contributed by atoms with Crippen molar-refractivity contribution in [3.05, 3.63) is 309 Å². The van der Waals surface area contributed by atoms with Gasteiger partial charge >= 0.3 is 35.0 Å². The maximum atomic E-state index is 14.4. The van der Waals surface area contributed by atoms with E-state index in [4.69, 9.17) is 28.4 Å². The van der Waals surface area contributed by atoms with Crippen LogP contribution >= 0.6 is 0 Å². The van der Waals surface area contributed by atoms with Crippen molar-refractivity contribution >= 4 is 97.8 Å². The van der Waals surface area contributed by atoms with Gasteiger partial charge in [0, 0.05) is 111 Å². The second kappa shape index (κ2) is 46.6. The molecule has 1 unspecified atom stereocenters. The molecule has 5 N–H and O–H groups in total. The quantitative estimate of drug-likeness (QED) is 0.0224. The third-order valence-corrected chi connectivity index (χ3v) is 22.8. The summed E-state index contributed by atoms with van der Waals surface area (Å²) < 4.78 is 45.9. The number of aromatic nitrogens is 18. The van der Waals surface area contributed by atoms with E-state index < -0.39 is 47.7 Å². The Morgan fingerprint density at radius 3 is 1.04 bits per heavy atom. The number of amides is 3. The number of carbonyl (C=O) groups is 6. The van der Waals surface area contributed by atoms with Gasteiger partial charge in [0.05, 0.1) is 162 Å². The monoisotopic (exact) mass is 1870 g/mol. The molecule has 0 saturated heterocycles. The van der Waals surface area contributed by atoms with Gasteiger partial charge in [-0.2, -0.15) is 0 Å². The van der Waals surface area contributed by atoms with Crippen LogP contribution in [0.5, 0.6) is 0 Å². The Hall–Kier alpha value is -16.2. The highest BCUT2D eigenvalue weighted by Crippen LogP contribution is 2.31. The second-order valence-corrected chi connectivity index (χ2v) is 31.5. The van der Waals surface area contributed by atoms with E-state index in [1.54, 1.807) is 192 Å². The number of hydrogen-bond acceptors (Lipinski definition) is 29. The van der Waals surface area contributed by atoms with Crippen LogP contribution < -0.4 is 42.4 Å². The van der Waals surface area contributed by atoms with Crippen LogP contribution in [0.25, 0.3) is 50.6 Å². The summed E-state index contributed by atoms with van der Waals surface area (Å²) >= 11 is 0. The van der Waals surface area contributed by atoms with Gasteiger partial charge in [-0.3, -0.25) is 47.8 Å². The molecular weight excluding hydrogens is 1780 g/mol. The number of anilines is 5. The first-order chi connectivity index (χ1) is 67.4. The zero-order valence-electron chi connectivity index (χ0n) is 75.5. The molecule has 15 aromatic rings. The van der Waals surface area contributed by atoms with Gasteiger partial charge in [0.1, 0.15) is 48.5 Å². The number of aliphatic carboxylic acids is 3. The van der Waals surface area contributed by atoms with E-state index in [0.717, 1.165) is 0 Å². The van der Waals surface area contributed by atoms with E-state index in [0.29, 0.717) is 95.3 Å². The molecule has 0 aliphatic carbocycles. The number of ether oxygens (including phenoxy) is 6. The van der Waals surface area contributed by atoms with Crippen molar-refractivity contribution in [3.8, 4) is 17.1 Å². The topological polar surface area (TPSA) is 488 Å². The first-order valence-corrected chi connectivity index (χ1v) is 44.6. The molecule has 12 heterocycles. The number of carbonyl (C=O) groups excluding carboxylic acids is 3. The summed E-state index contributed by atoms with van der Waals surface area (Å²) in [4.78, 5) is 178. The maximum absolute atomic E-state index is 14.4. The van der Waals surface area contributed by atoms with E-state index in [9.17, 15) is 58.5 Å². The minimum absolute atomic E-state index is 0.00177. The van der Waals surface area contributed by atoms with Crippen molar-refractivity contribution < 1.29 is 72.5 Å². The number of fused-ring (bicyclic) bond motifs is 3. The van der Waals surface area contributed by atoms with Crippen LogP contribution in [-0.4, -0.2) is 249 Å². The Morgan fingerprint density at radius 1 is 0.355 bits per heavy atom. The first-order valence-electron chi connectivity index (χ1n) is 44.6. The van der Waals surface area contributed by atoms with Crippen molar-refractivity contribution in [1.82, 2.24) is 87.2 Å². The van der Waals surface area contributed by atoms with E-state index in [1.807, 2.05) is 6.92 Å². The number of carboxylic acids is 3. The minimum Gasteiger partial charge on any atom is -0.481 e. The van der Waals surface area contributed by atoms with Crippen LogP contribution in [0.4, 0.5) is 28.7 Å². The van der Waals surface area contributed by atoms with Crippen LogP contribution in [0.1, 0.15) is 74.2 Å². The summed E-state index contributed by atoms with van der Waals surface area (Å²) in [6.45, 7) is 7.65. The van der Waals surface area contributed by atoms with Gasteiger partial charge < -0.3 is 69.1 Å². The summed E-state index contributed by atoms with van der Waals surface area (Å²) in [7, 11) is 0. The molecule has 0 aliphatic heterocycles. The average molecular weight is 1880 g/mol. The van der Waals surface area contributed by atoms with Gasteiger partial charge in [0.2, 0.25) is 0 Å². The number of imidazole rings is 3. The smallest absolute Gasteiger partial charge is 0.335 e. The molecule has 12 aromatic heterocycles. The number of pyridine rings is 6. The lowest BCUT2D eigenvalue weighted by molar-refractivity contribution is -0.142. The van der Waals surface area contributed by atoms with Crippen LogP contribution in [0, 0.1) is 5.92 Å². The highest BCUT2D eigenvalue weighted by Gasteiger charge is 2.31. The molecule has 0 fully saturated rings. The number of rotatable bonds is 50. The number of carboxylic acid groups (broad SMARTS) is 3. The van der Waals surface area contributed by atoms with Crippen LogP contribution in [0.3, 0.4) is 0 Å². The predicted octanol–water partition coefficient (Wildman–Crippen LogP) is 8.31. The summed E-state index contributed by atoms with van der Waals surface area (Å²) in [6, 6.07) is 38.4. The molecule has 138 heavy (non-hydrogen) atoms. The Kier molecular flexibility index (Phi) is 32.6. The lowest BCUT2D eigenvalue weighted by Gasteiger charge is -2.24. The number of hydrogen-bond donors (Lipinski definition) is 5. The average Bonchev–Trinajstić information content (AvgIpc) is 1.62. The van der Waals surface area contributed by atoms with Gasteiger partial charge in [-0.1, -0.05) is 36.4 Å². The second-order valence-electron chi connectivity index (χ2n) is 31.5. The zero-order chi connectivity index (χ0) is 96.4. The van der Waals surface area contributed by atoms with Crippen molar-refractivity contribution in [3.63, 3.8) is 0 Å². The highest BCUT2D eigenvalue weighted by molar-refractivity contribution is 6.09. The molecule has 15 rings (SSSR count). The number of nitrogens with zero attached hydrogens (tertiary/aromatic N) is 21. The van der Waals surface area contributed by atoms with E-state index in [1.165, 1.54) is 103 Å². The van der Waals surface area contributed by atoms with Gasteiger partial charge in [-0.15, -0.1) is 0 Å². The molecule has 0 radical (unpaired) electrons. The van der Waals surface area contributed by atoms with Gasteiger partial charge in [-0.05, 0) is 153 Å². The summed E-state index contributed by atoms with van der Waals surface area (Å²) in [6.07, 6.45) is 21.5. The fourth-order valence-corrected chi connectivity index (χ4v) is 16.0. The lowest BCUT2D eigenvalue weighted by Crippen LogP contribution is -2.35. The molecule has 710 valence electrons. The van der Waals surface area contributed by atoms with E-state index in [-0.39, 0.29) is 190 Å². The summed E-state index contributed by atoms with van der Waals surface area (Å²) in [5, 5.41) is 37.5. The van der Waals surface area contributed by atoms with Crippen LogP contribution in [0.2, 0.25) is 0 Å². The SMILES string of the molecule is CCN(C(=O)c1ccncc1)c1cncnc1C[C@@H](Cc1ccc(-n2c(=O)n(CCOCCOCC(COCCOCCn3c(=O)n(-c4ccc(C[C@H](Nc5ncncc5N(CC)C(=O)c5ccncc5)C(=O)O)cc4)c4ncccc43)OCCOCCn3c(=O)n(-c4ccc(C[C@H](Nc5ncncc5N(CC)C(=O)c5ccncc5)C(=O)O)cc4)c4ncccc43)c3cccnc32)cc1)C(=O)O. The molecule has 41 heteroatoms. The molecule has 0 saturated carbocycles. The standard InChI is InChI=1S/C97H99N23O18/c1-4-112(89(121)67-25-34-98-35-26-67)81-56-101-61-107-75(81)55-70(92(124)125)52-64-13-19-71(20-14-64)118-86-78(10-7-31-104-86)115(95(118)130)40-43-133-46-48-136-59-74(138-51-50-135-45-42-117-80-12-9-33-106-88(80)120(97(117)132)73-23-17-66(18-24-73)54-77(94(128)129)111-85-83(58-103-63-109-85)114(6-3)91(123)69-29-38-100-39-30-69)60-137-49-47-134-44-41-116-79-11-8-32-105-87(79)119(96(116)131)72-21-15-65(16-22-72)53-76(93(126)127)110-84-82(57-102-62-108-84)113(5-2)90(122)68-27-36-99-37-28-68/h7-39,56-58,61-63,70,74,76-77H,4-6,40-55,59-60H2,1-3H3,(H,124,125)(H,126,127)(H,128,129)(H,102,108,110)(H,103,109,111)/t70-,74?,76+,77+/m1/s1. The third-order valence-electron chi connectivity index (χ3n) is 22.8. The molecule has 3 aromatic carbocycles. The molecule has 3 amide bonds. The third kappa shape index (κ3) is 23.1. The summed E-state index contributed by atoms with van der Waals surface area (Å²) in [5.41, 5.74) is 7.55. The van der Waals surface area contributed by atoms with Gasteiger partial charge in [0.15, 0.2) is 28.6 Å². The molecule has 41 nitrogen and oxygen atoms in total. The highest BCUT2D eigenvalue weighted by atomic mass is 16.6. The Bertz CT molecular complexity index is 6640. The molecule has 4 atom stereocenters. The van der Waals surface area contributed by atoms with Gasteiger partial charge in [0.25, 0.3) is 17.7 Å². The van der Waals surface area contributed by atoms with Crippen molar-refractivity contribution in [2.75, 3.05) is 118 Å². The Labute approximate surface area is 788 Å². The fraction of sp³-hybridized carbons (Fsp3) is 0.289. The largest absolute Gasteiger partial charge is 0.481 e. The number of nitrogens with one attached hydrogen (secondary N) is 2. The Balaban J connectivity index is 0.561. The van der Waals surface area contributed by atoms with E-state index in [2.05, 4.69) is 70.4 Å². The maximum Gasteiger partial charge on any atom is 0.335 e. The van der Waals surface area contributed by atoms with Crippen molar-refractivity contribution in [1.29, 1.82) is 0 Å². The summed E-state index contributed by atoms with van der Waals surface area (Å²) in [5.74, 6) is -5.06. The van der Waals surface area contributed by atoms with Crippen LogP contribution in [-0.2, 0) is 88.1 Å². The molecule has 0 bridgehead atoms. The first kappa shape index (κ1) is 96.4. The van der Waals surface area contributed by atoms with E-state index >= 15 is 0 Å². The van der Waals surface area contributed by atoms with Crippen molar-refractivity contribution in [2.24, 2.45) is 5.92 Å². The molecule has 0 aliphatic rings. The predicted molar refractivity (Wildman–Crippen MR) is 507 cm³/mol. The zero-order valence-corrected chi connectivity index (χ0v) is 75.5. The fourth-order valence-electron chi connectivity index (χ4n) is 16.0. The van der Waals surface area contributed by atoms with Gasteiger partial charge in [-0.25, -0.2) is 82.5 Å². The van der Waals surface area contributed by atoms with Crippen molar-refractivity contribution in [2.45, 2.75) is 84.3 Å².